The second kappa shape index (κ2) is 8.07. The van der Waals surface area contributed by atoms with Crippen molar-refractivity contribution in [3.63, 3.8) is 0 Å². The third-order valence-electron chi connectivity index (χ3n) is 5.02. The fraction of sp³-hybridized carbons (Fsp3) is 0.273. The Morgan fingerprint density at radius 2 is 2.11 bits per heavy atom. The first-order valence-corrected chi connectivity index (χ1v) is 9.57. The Bertz CT molecular complexity index is 982. The molecule has 0 fully saturated rings. The number of nitrogens with zero attached hydrogens (tertiary/aromatic N) is 1. The number of fused-ring (bicyclic) bond motifs is 1. The lowest BCUT2D eigenvalue weighted by atomic mass is 9.80. The number of esters is 1. The Labute approximate surface area is 170 Å². The third kappa shape index (κ3) is 3.38. The van der Waals surface area contributed by atoms with Crippen molar-refractivity contribution in [2.75, 3.05) is 17.7 Å². The number of aryl methyl sites for hydroxylation is 1. The first-order valence-electron chi connectivity index (χ1n) is 9.19. The van der Waals surface area contributed by atoms with Crippen molar-refractivity contribution < 1.29 is 9.53 Å². The molecule has 3 N–H and O–H groups in total. The Morgan fingerprint density at radius 1 is 1.39 bits per heavy atom. The SMILES string of the molecule is C=CCOC(=O)C1=C(C)Nc2nc(CC)c(C)c(N)c2C1c1ccccc1Cl. The Kier molecular flexibility index (Phi) is 5.75. The molecule has 1 unspecified atom stereocenters. The van der Waals surface area contributed by atoms with Crippen molar-refractivity contribution in [2.45, 2.75) is 33.1 Å². The summed E-state index contributed by atoms with van der Waals surface area (Å²) in [5, 5.41) is 3.80. The van der Waals surface area contributed by atoms with Crippen LogP contribution in [0.4, 0.5) is 11.5 Å². The van der Waals surface area contributed by atoms with Gasteiger partial charge in [0.25, 0.3) is 0 Å². The summed E-state index contributed by atoms with van der Waals surface area (Å²) < 4.78 is 5.36. The molecule has 0 amide bonds. The van der Waals surface area contributed by atoms with E-state index in [0.29, 0.717) is 27.8 Å². The summed E-state index contributed by atoms with van der Waals surface area (Å²) in [4.78, 5) is 17.7. The van der Waals surface area contributed by atoms with Crippen LogP contribution in [0.25, 0.3) is 0 Å². The molecule has 0 saturated heterocycles. The van der Waals surface area contributed by atoms with Gasteiger partial charge < -0.3 is 15.8 Å². The van der Waals surface area contributed by atoms with Gasteiger partial charge in [-0.3, -0.25) is 0 Å². The predicted octanol–water partition coefficient (Wildman–Crippen LogP) is 4.75. The van der Waals surface area contributed by atoms with Crippen LogP contribution in [0.1, 0.15) is 42.1 Å². The smallest absolute Gasteiger partial charge is 0.337 e. The van der Waals surface area contributed by atoms with Crippen LogP contribution < -0.4 is 11.1 Å². The van der Waals surface area contributed by atoms with E-state index in [0.717, 1.165) is 28.8 Å². The highest BCUT2D eigenvalue weighted by Crippen LogP contribution is 2.47. The zero-order valence-corrected chi connectivity index (χ0v) is 17.1. The minimum atomic E-state index is -0.473. The number of hydrogen-bond acceptors (Lipinski definition) is 5. The molecule has 1 aromatic carbocycles. The van der Waals surface area contributed by atoms with Crippen LogP contribution in [0, 0.1) is 6.92 Å². The third-order valence-corrected chi connectivity index (χ3v) is 5.36. The maximum absolute atomic E-state index is 12.9. The number of benzene rings is 1. The maximum Gasteiger partial charge on any atom is 0.337 e. The Morgan fingerprint density at radius 3 is 2.75 bits per heavy atom. The van der Waals surface area contributed by atoms with E-state index in [1.165, 1.54) is 6.08 Å². The number of allylic oxidation sites excluding steroid dienone is 1. The van der Waals surface area contributed by atoms with Gasteiger partial charge in [0.2, 0.25) is 0 Å². The lowest BCUT2D eigenvalue weighted by molar-refractivity contribution is -0.138. The quantitative estimate of drug-likeness (QED) is 0.562. The normalized spacial score (nSPS) is 15.6. The van der Waals surface area contributed by atoms with Gasteiger partial charge in [-0.1, -0.05) is 49.4 Å². The van der Waals surface area contributed by atoms with Crippen LogP contribution in [-0.4, -0.2) is 17.6 Å². The molecule has 28 heavy (non-hydrogen) atoms. The van der Waals surface area contributed by atoms with Crippen molar-refractivity contribution >= 4 is 29.1 Å². The minimum absolute atomic E-state index is 0.124. The molecule has 0 spiro atoms. The van der Waals surface area contributed by atoms with Gasteiger partial charge in [0.1, 0.15) is 12.4 Å². The molecular formula is C22H24ClN3O2. The van der Waals surface area contributed by atoms with Crippen LogP contribution >= 0.6 is 11.6 Å². The monoisotopic (exact) mass is 397 g/mol. The van der Waals surface area contributed by atoms with E-state index in [1.54, 1.807) is 6.07 Å². The van der Waals surface area contributed by atoms with E-state index in [9.17, 15) is 4.79 Å². The number of anilines is 2. The average Bonchev–Trinajstić information content (AvgIpc) is 2.68. The highest BCUT2D eigenvalue weighted by Gasteiger charge is 2.37. The Balaban J connectivity index is 2.29. The van der Waals surface area contributed by atoms with Crippen molar-refractivity contribution in [2.24, 2.45) is 0 Å². The molecule has 6 heteroatoms. The lowest BCUT2D eigenvalue weighted by Crippen LogP contribution is -2.27. The number of rotatable bonds is 5. The van der Waals surface area contributed by atoms with Gasteiger partial charge in [-0.05, 0) is 37.5 Å². The fourth-order valence-corrected chi connectivity index (χ4v) is 3.85. The number of hydrogen-bond donors (Lipinski definition) is 2. The maximum atomic E-state index is 12.9. The number of carbonyl (C=O) groups is 1. The molecule has 1 atom stereocenters. The van der Waals surface area contributed by atoms with Gasteiger partial charge in [-0.2, -0.15) is 0 Å². The molecule has 2 aromatic rings. The summed E-state index contributed by atoms with van der Waals surface area (Å²) in [6, 6.07) is 7.45. The second-order valence-corrected chi connectivity index (χ2v) is 7.13. The van der Waals surface area contributed by atoms with Crippen LogP contribution in [0.3, 0.4) is 0 Å². The van der Waals surface area contributed by atoms with Crippen LogP contribution in [0.15, 0.2) is 48.2 Å². The van der Waals surface area contributed by atoms with Crippen molar-refractivity contribution in [3.8, 4) is 0 Å². The summed E-state index contributed by atoms with van der Waals surface area (Å²) in [5.74, 6) is -0.251. The molecule has 3 rings (SSSR count). The van der Waals surface area contributed by atoms with Gasteiger partial charge in [-0.15, -0.1) is 0 Å². The predicted molar refractivity (Wildman–Crippen MR) is 114 cm³/mol. The molecule has 1 aliphatic rings. The largest absolute Gasteiger partial charge is 0.458 e. The summed E-state index contributed by atoms with van der Waals surface area (Å²) in [7, 11) is 0. The van der Waals surface area contributed by atoms with E-state index in [-0.39, 0.29) is 6.61 Å². The molecule has 1 aliphatic heterocycles. The summed E-state index contributed by atoms with van der Waals surface area (Å²) in [6.45, 7) is 9.56. The van der Waals surface area contributed by atoms with Crippen molar-refractivity contribution in [1.29, 1.82) is 0 Å². The van der Waals surface area contributed by atoms with Crippen molar-refractivity contribution in [1.82, 2.24) is 4.98 Å². The second-order valence-electron chi connectivity index (χ2n) is 6.72. The zero-order chi connectivity index (χ0) is 20.4. The summed E-state index contributed by atoms with van der Waals surface area (Å²) in [6.07, 6.45) is 2.30. The minimum Gasteiger partial charge on any atom is -0.458 e. The van der Waals surface area contributed by atoms with Crippen LogP contribution in [0.5, 0.6) is 0 Å². The topological polar surface area (TPSA) is 77.2 Å². The lowest BCUT2D eigenvalue weighted by Gasteiger charge is -2.32. The Hall–Kier alpha value is -2.79. The summed E-state index contributed by atoms with van der Waals surface area (Å²) >= 11 is 6.52. The highest BCUT2D eigenvalue weighted by atomic mass is 35.5. The van der Waals surface area contributed by atoms with E-state index >= 15 is 0 Å². The average molecular weight is 398 g/mol. The number of nitrogen functional groups attached to an aromatic ring is 1. The fourth-order valence-electron chi connectivity index (χ4n) is 3.61. The standard InChI is InChI=1S/C22H24ClN3O2/c1-5-11-28-22(27)17-13(4)25-21-19(20(24)12(3)16(6-2)26-21)18(17)14-9-7-8-10-15(14)23/h5,7-10,18H,1,6,11H2,2-4H3,(H3,24,25,26). The molecule has 146 valence electrons. The van der Waals surface area contributed by atoms with Crippen LogP contribution in [0.2, 0.25) is 5.02 Å². The van der Waals surface area contributed by atoms with Gasteiger partial charge in [0, 0.05) is 27.7 Å². The molecule has 0 radical (unpaired) electrons. The van der Waals surface area contributed by atoms with Gasteiger partial charge in [0.15, 0.2) is 0 Å². The number of carbonyl (C=O) groups excluding carboxylic acids is 1. The first kappa shape index (κ1) is 20.0. The van der Waals surface area contributed by atoms with E-state index < -0.39 is 11.9 Å². The molecule has 5 nitrogen and oxygen atoms in total. The summed E-state index contributed by atoms with van der Waals surface area (Å²) in [5.41, 5.74) is 11.7. The van der Waals surface area contributed by atoms with E-state index in [1.807, 2.05) is 39.0 Å². The molecule has 2 heterocycles. The molecule has 0 aliphatic carbocycles. The van der Waals surface area contributed by atoms with Gasteiger partial charge in [0.05, 0.1) is 11.5 Å². The highest BCUT2D eigenvalue weighted by molar-refractivity contribution is 6.31. The van der Waals surface area contributed by atoms with Gasteiger partial charge in [-0.25, -0.2) is 9.78 Å². The molecule has 0 bridgehead atoms. The number of halogens is 1. The van der Waals surface area contributed by atoms with Gasteiger partial charge >= 0.3 is 5.97 Å². The van der Waals surface area contributed by atoms with E-state index in [4.69, 9.17) is 27.1 Å². The zero-order valence-electron chi connectivity index (χ0n) is 16.3. The number of pyridine rings is 1. The number of nitrogens with two attached hydrogens (primary N) is 1. The molecule has 1 aromatic heterocycles. The van der Waals surface area contributed by atoms with Crippen LogP contribution in [-0.2, 0) is 16.0 Å². The number of aromatic nitrogens is 1. The molecule has 0 saturated carbocycles. The number of nitrogens with one attached hydrogen (secondary N) is 1. The van der Waals surface area contributed by atoms with E-state index in [2.05, 4.69) is 11.9 Å². The first-order chi connectivity index (χ1) is 13.4. The molecular weight excluding hydrogens is 374 g/mol. The van der Waals surface area contributed by atoms with Crippen molar-refractivity contribution in [3.05, 3.63) is 75.6 Å². The number of ether oxygens (including phenoxy) is 1.